The van der Waals surface area contributed by atoms with Gasteiger partial charge in [0.15, 0.2) is 11.5 Å². The van der Waals surface area contributed by atoms with Crippen LogP contribution >= 0.6 is 0 Å². The second-order valence-electron chi connectivity index (χ2n) is 15.9. The zero-order chi connectivity index (χ0) is 41.0. The number of nitrogens with zero attached hydrogens (tertiary/aromatic N) is 2. The van der Waals surface area contributed by atoms with Gasteiger partial charge in [-0.15, -0.1) is 0 Å². The Hall–Kier alpha value is -5.06. The van der Waals surface area contributed by atoms with Crippen LogP contribution < -0.4 is 29.6 Å². The van der Waals surface area contributed by atoms with E-state index in [2.05, 4.69) is 48.6 Å². The topological polar surface area (TPSA) is 102 Å². The number of aryl methyl sites for hydroxylation is 2. The number of likely N-dealkylation sites (N-methyl/N-ethyl adjacent to an activating group) is 2. The summed E-state index contributed by atoms with van der Waals surface area (Å²) >= 11 is 0. The summed E-state index contributed by atoms with van der Waals surface area (Å²) in [5, 5.41) is 6.24. The molecule has 0 heterocycles. The highest BCUT2D eigenvalue weighted by molar-refractivity contribution is 5.96. The quantitative estimate of drug-likeness (QED) is 0.118. The summed E-state index contributed by atoms with van der Waals surface area (Å²) in [5.74, 6) is 2.13. The lowest BCUT2D eigenvalue weighted by molar-refractivity contribution is 0.0557. The normalized spacial score (nSPS) is 15.2. The highest BCUT2D eigenvalue weighted by Gasteiger charge is 2.39. The fraction of sp³-hybridized carbons (Fsp3) is 0.447. The number of amides is 2. The van der Waals surface area contributed by atoms with Crippen molar-refractivity contribution < 1.29 is 28.5 Å². The van der Waals surface area contributed by atoms with E-state index in [0.717, 1.165) is 53.7 Å². The van der Waals surface area contributed by atoms with Crippen molar-refractivity contribution in [1.29, 1.82) is 0 Å². The standard InChI is InChI=1S/C24H32N2O4.C23H30N2O2/c1-26(2)24(12-8-9-13-24)17-25-23(27)19-14-20(28-3)22(21(15-19)29-4)30-16-18-10-6-5-7-11-18;1-17-13-20(22(26)24-16-23(25(3)4)11-8-12-23)14-18(2)21(17)27-15-19-9-6-5-7-10-19/h5-7,10-11,14-15H,8-9,12-13,16-17H2,1-4H3,(H,25,27);5-7,9-10,13-14H,8,11-12,15-16H2,1-4H3,(H,24,26). The van der Waals surface area contributed by atoms with E-state index in [1.807, 2.05) is 86.6 Å². The van der Waals surface area contributed by atoms with E-state index < -0.39 is 0 Å². The number of rotatable bonds is 16. The largest absolute Gasteiger partial charge is 0.493 e. The van der Waals surface area contributed by atoms with Crippen LogP contribution in [0.3, 0.4) is 0 Å². The maximum absolute atomic E-state index is 12.9. The number of benzene rings is 4. The number of carbonyl (C=O) groups excluding carboxylic acids is 2. The molecule has 0 spiro atoms. The van der Waals surface area contributed by atoms with Crippen LogP contribution in [0.4, 0.5) is 0 Å². The molecule has 4 aromatic carbocycles. The molecule has 306 valence electrons. The molecule has 0 saturated heterocycles. The third-order valence-electron chi connectivity index (χ3n) is 11.8. The summed E-state index contributed by atoms with van der Waals surface area (Å²) in [6, 6.07) is 27.2. The molecule has 0 atom stereocenters. The summed E-state index contributed by atoms with van der Waals surface area (Å²) in [5.41, 5.74) is 5.49. The molecule has 0 aliphatic heterocycles. The van der Waals surface area contributed by atoms with Crippen LogP contribution in [0.1, 0.15) is 87.9 Å². The maximum Gasteiger partial charge on any atom is 0.251 e. The predicted octanol–water partition coefficient (Wildman–Crippen LogP) is 7.98. The number of methoxy groups -OCH3 is 2. The Bertz CT molecular complexity index is 1870. The number of carbonyl (C=O) groups is 2. The first-order chi connectivity index (χ1) is 27.4. The zero-order valence-electron chi connectivity index (χ0n) is 35.2. The summed E-state index contributed by atoms with van der Waals surface area (Å²) in [7, 11) is 11.5. The molecule has 2 fully saturated rings. The first-order valence-electron chi connectivity index (χ1n) is 20.0. The van der Waals surface area contributed by atoms with Gasteiger partial charge in [-0.1, -0.05) is 73.5 Å². The van der Waals surface area contributed by atoms with Crippen molar-refractivity contribution >= 4 is 11.8 Å². The minimum absolute atomic E-state index is 0.0102. The van der Waals surface area contributed by atoms with Crippen LogP contribution in [-0.4, -0.2) is 88.2 Å². The number of ether oxygens (including phenoxy) is 4. The molecule has 10 heteroatoms. The van der Waals surface area contributed by atoms with Crippen molar-refractivity contribution in [3.8, 4) is 23.0 Å². The lowest BCUT2D eigenvalue weighted by atomic mass is 9.75. The van der Waals surface area contributed by atoms with Gasteiger partial charge < -0.3 is 39.4 Å². The molecule has 0 radical (unpaired) electrons. The fourth-order valence-corrected chi connectivity index (χ4v) is 7.80. The number of nitrogens with one attached hydrogen (secondary N) is 2. The van der Waals surface area contributed by atoms with Crippen LogP contribution in [0.2, 0.25) is 0 Å². The maximum atomic E-state index is 12.9. The van der Waals surface area contributed by atoms with Crippen LogP contribution in [0.25, 0.3) is 0 Å². The molecule has 2 aliphatic carbocycles. The van der Waals surface area contributed by atoms with E-state index in [4.69, 9.17) is 18.9 Å². The second kappa shape index (κ2) is 19.9. The van der Waals surface area contributed by atoms with E-state index in [1.165, 1.54) is 19.3 Å². The molecule has 10 nitrogen and oxygen atoms in total. The van der Waals surface area contributed by atoms with E-state index in [0.29, 0.717) is 54.7 Å². The van der Waals surface area contributed by atoms with Crippen LogP contribution in [0.15, 0.2) is 84.9 Å². The molecule has 2 aliphatic rings. The Morgan fingerprint density at radius 1 is 0.579 bits per heavy atom. The molecule has 57 heavy (non-hydrogen) atoms. The first kappa shape index (κ1) is 43.1. The van der Waals surface area contributed by atoms with Crippen molar-refractivity contribution in [2.24, 2.45) is 0 Å². The molecular weight excluding hydrogens is 717 g/mol. The van der Waals surface area contributed by atoms with Crippen molar-refractivity contribution in [2.45, 2.75) is 83.1 Å². The molecule has 2 amide bonds. The summed E-state index contributed by atoms with van der Waals surface area (Å²) in [6.07, 6.45) is 8.11. The Kier molecular flexibility index (Phi) is 15.0. The molecule has 4 aromatic rings. The molecule has 0 bridgehead atoms. The molecule has 2 saturated carbocycles. The van der Waals surface area contributed by atoms with Gasteiger partial charge in [-0.3, -0.25) is 9.59 Å². The van der Waals surface area contributed by atoms with Crippen LogP contribution in [-0.2, 0) is 13.2 Å². The minimum Gasteiger partial charge on any atom is -0.493 e. The van der Waals surface area contributed by atoms with Gasteiger partial charge in [0.1, 0.15) is 19.0 Å². The van der Waals surface area contributed by atoms with Gasteiger partial charge in [-0.25, -0.2) is 0 Å². The summed E-state index contributed by atoms with van der Waals surface area (Å²) in [6.45, 7) is 6.22. The molecular formula is C47H62N4O6. The lowest BCUT2D eigenvalue weighted by Gasteiger charge is -2.47. The van der Waals surface area contributed by atoms with Gasteiger partial charge in [0.2, 0.25) is 5.75 Å². The molecule has 0 unspecified atom stereocenters. The summed E-state index contributed by atoms with van der Waals surface area (Å²) < 4.78 is 23.0. The van der Waals surface area contributed by atoms with Gasteiger partial charge in [0.05, 0.1) is 14.2 Å². The Morgan fingerprint density at radius 3 is 1.33 bits per heavy atom. The number of hydrogen-bond donors (Lipinski definition) is 2. The van der Waals surface area contributed by atoms with Gasteiger partial charge in [0.25, 0.3) is 11.8 Å². The average molecular weight is 779 g/mol. The second-order valence-corrected chi connectivity index (χ2v) is 15.9. The summed E-state index contributed by atoms with van der Waals surface area (Å²) in [4.78, 5) is 30.1. The van der Waals surface area contributed by atoms with Crippen molar-refractivity contribution in [2.75, 3.05) is 55.5 Å². The fourth-order valence-electron chi connectivity index (χ4n) is 7.80. The first-order valence-corrected chi connectivity index (χ1v) is 20.0. The van der Waals surface area contributed by atoms with E-state index in [1.54, 1.807) is 26.4 Å². The van der Waals surface area contributed by atoms with Gasteiger partial charge in [-0.05, 0) is 121 Å². The van der Waals surface area contributed by atoms with Crippen molar-refractivity contribution in [3.05, 3.63) is 118 Å². The van der Waals surface area contributed by atoms with Gasteiger partial charge in [-0.2, -0.15) is 0 Å². The molecule has 6 rings (SSSR count). The highest BCUT2D eigenvalue weighted by atomic mass is 16.5. The van der Waals surface area contributed by atoms with Gasteiger partial charge in [0, 0.05) is 35.3 Å². The Labute approximate surface area is 339 Å². The average Bonchev–Trinajstić information content (AvgIpc) is 3.69. The third-order valence-corrected chi connectivity index (χ3v) is 11.8. The highest BCUT2D eigenvalue weighted by Crippen LogP contribution is 2.40. The smallest absolute Gasteiger partial charge is 0.251 e. The zero-order valence-corrected chi connectivity index (χ0v) is 35.2. The van der Waals surface area contributed by atoms with Crippen molar-refractivity contribution in [1.82, 2.24) is 20.4 Å². The van der Waals surface area contributed by atoms with Crippen LogP contribution in [0, 0.1) is 13.8 Å². The number of hydrogen-bond acceptors (Lipinski definition) is 8. The SMILES string of the molecule is COc1cc(C(=O)NCC2(N(C)C)CCCC2)cc(OC)c1OCc1ccccc1.Cc1cc(C(=O)NCC2(N(C)C)CCC2)cc(C)c1OCc1ccccc1. The Balaban J connectivity index is 0.000000219. The third kappa shape index (κ3) is 10.9. The molecule has 0 aromatic heterocycles. The minimum atomic E-state index is -0.144. The van der Waals surface area contributed by atoms with E-state index in [9.17, 15) is 9.59 Å². The molecule has 2 N–H and O–H groups in total. The monoisotopic (exact) mass is 778 g/mol. The van der Waals surface area contributed by atoms with Crippen molar-refractivity contribution in [3.63, 3.8) is 0 Å². The predicted molar refractivity (Wildman–Crippen MR) is 227 cm³/mol. The van der Waals surface area contributed by atoms with Gasteiger partial charge >= 0.3 is 0 Å². The van der Waals surface area contributed by atoms with E-state index >= 15 is 0 Å². The Morgan fingerprint density at radius 2 is 0.965 bits per heavy atom. The lowest BCUT2D eigenvalue weighted by Crippen LogP contribution is -2.57. The van der Waals surface area contributed by atoms with Crippen LogP contribution in [0.5, 0.6) is 23.0 Å². The van der Waals surface area contributed by atoms with E-state index in [-0.39, 0.29) is 22.9 Å².